The quantitative estimate of drug-likeness (QED) is 0.726. The van der Waals surface area contributed by atoms with E-state index < -0.39 is 0 Å². The molecule has 0 unspecified atom stereocenters. The summed E-state index contributed by atoms with van der Waals surface area (Å²) in [6.07, 6.45) is 1.49. The number of rotatable bonds is 5. The van der Waals surface area contributed by atoms with Gasteiger partial charge in [-0.25, -0.2) is 4.39 Å². The number of halogens is 1. The highest BCUT2D eigenvalue weighted by Crippen LogP contribution is 2.22. The molecule has 17 heavy (non-hydrogen) atoms. The number of aryl methyl sites for hydroxylation is 1. The molecule has 0 fully saturated rings. The molecule has 1 rings (SSSR count). The van der Waals surface area contributed by atoms with Gasteiger partial charge in [0.1, 0.15) is 0 Å². The fourth-order valence-corrected chi connectivity index (χ4v) is 1.48. The van der Waals surface area contributed by atoms with E-state index >= 15 is 0 Å². The summed E-state index contributed by atoms with van der Waals surface area (Å²) in [7, 11) is 0. The summed E-state index contributed by atoms with van der Waals surface area (Å²) in [6.45, 7) is 5.92. The van der Waals surface area contributed by atoms with Crippen LogP contribution in [0.3, 0.4) is 0 Å². The molecule has 2 nitrogen and oxygen atoms in total. The van der Waals surface area contributed by atoms with Crippen LogP contribution in [0.4, 0.5) is 4.39 Å². The van der Waals surface area contributed by atoms with Gasteiger partial charge in [-0.2, -0.15) is 5.26 Å². The Bertz CT molecular complexity index is 421. The Kier molecular flexibility index (Phi) is 4.51. The highest BCUT2D eigenvalue weighted by molar-refractivity contribution is 5.29. The first kappa shape index (κ1) is 13.5. The molecule has 0 aliphatic heterocycles. The van der Waals surface area contributed by atoms with Gasteiger partial charge in [0.05, 0.1) is 18.1 Å². The van der Waals surface area contributed by atoms with Gasteiger partial charge in [0, 0.05) is 0 Å². The molecule has 0 amide bonds. The number of benzene rings is 1. The minimum absolute atomic E-state index is 0.291. The Morgan fingerprint density at radius 1 is 1.41 bits per heavy atom. The first-order valence-electron chi connectivity index (χ1n) is 5.75. The van der Waals surface area contributed by atoms with Gasteiger partial charge in [0.2, 0.25) is 0 Å². The van der Waals surface area contributed by atoms with E-state index in [9.17, 15) is 4.39 Å². The van der Waals surface area contributed by atoms with Crippen molar-refractivity contribution in [2.45, 2.75) is 33.6 Å². The minimum Gasteiger partial charge on any atom is -0.491 e. The molecule has 0 saturated heterocycles. The average molecular weight is 235 g/mol. The molecule has 0 spiro atoms. The molecule has 0 N–H and O–H groups in total. The van der Waals surface area contributed by atoms with Gasteiger partial charge >= 0.3 is 0 Å². The van der Waals surface area contributed by atoms with Crippen molar-refractivity contribution >= 4 is 0 Å². The lowest BCUT2D eigenvalue weighted by atomic mass is 9.90. The number of nitriles is 1. The summed E-state index contributed by atoms with van der Waals surface area (Å²) >= 11 is 0. The second-order valence-electron chi connectivity index (χ2n) is 4.83. The van der Waals surface area contributed by atoms with E-state index in [0.717, 1.165) is 12.8 Å². The second-order valence-corrected chi connectivity index (χ2v) is 4.83. The lowest BCUT2D eigenvalue weighted by Crippen LogP contribution is -2.10. The minimum atomic E-state index is -0.339. The molecule has 0 bridgehead atoms. The van der Waals surface area contributed by atoms with Crippen LogP contribution in [0.2, 0.25) is 0 Å². The first-order chi connectivity index (χ1) is 7.96. The van der Waals surface area contributed by atoms with Crippen LogP contribution in [-0.2, 0) is 0 Å². The smallest absolute Gasteiger partial charge is 0.167 e. The van der Waals surface area contributed by atoms with Crippen LogP contribution in [0.1, 0.15) is 32.3 Å². The van der Waals surface area contributed by atoms with E-state index in [0.29, 0.717) is 17.9 Å². The van der Waals surface area contributed by atoms with Gasteiger partial charge in [-0.3, -0.25) is 0 Å². The predicted octanol–water partition coefficient (Wildman–Crippen LogP) is 3.84. The van der Waals surface area contributed by atoms with Gasteiger partial charge < -0.3 is 4.74 Å². The Labute approximate surface area is 102 Å². The van der Waals surface area contributed by atoms with Gasteiger partial charge in [0.15, 0.2) is 11.6 Å². The Morgan fingerprint density at radius 3 is 2.76 bits per heavy atom. The number of nitrogens with zero attached hydrogens (tertiary/aromatic N) is 1. The van der Waals surface area contributed by atoms with E-state index in [1.165, 1.54) is 0 Å². The number of hydrogen-bond donors (Lipinski definition) is 0. The molecule has 3 heteroatoms. The summed E-state index contributed by atoms with van der Waals surface area (Å²) in [5, 5.41) is 8.84. The topological polar surface area (TPSA) is 33.0 Å². The standard InChI is InChI=1S/C14H18FNO/c1-11-6-4-7-12(13(11)15)17-9-5-8-14(2,3)10-16/h4,6-7H,5,8-9H2,1-3H3. The third-order valence-electron chi connectivity index (χ3n) is 2.66. The van der Waals surface area contributed by atoms with Gasteiger partial charge in [0.25, 0.3) is 0 Å². The van der Waals surface area contributed by atoms with Crippen LogP contribution in [0.25, 0.3) is 0 Å². The molecule has 0 aliphatic carbocycles. The van der Waals surface area contributed by atoms with E-state index in [4.69, 9.17) is 10.00 Å². The van der Waals surface area contributed by atoms with Crippen molar-refractivity contribution in [3.63, 3.8) is 0 Å². The fourth-order valence-electron chi connectivity index (χ4n) is 1.48. The summed E-state index contributed by atoms with van der Waals surface area (Å²) < 4.78 is 18.9. The highest BCUT2D eigenvalue weighted by atomic mass is 19.1. The Balaban J connectivity index is 2.42. The molecule has 1 aromatic carbocycles. The van der Waals surface area contributed by atoms with Crippen LogP contribution in [-0.4, -0.2) is 6.61 Å². The fraction of sp³-hybridized carbons (Fsp3) is 0.500. The third kappa shape index (κ3) is 4.07. The zero-order valence-electron chi connectivity index (χ0n) is 10.6. The maximum Gasteiger partial charge on any atom is 0.167 e. The zero-order valence-corrected chi connectivity index (χ0v) is 10.6. The van der Waals surface area contributed by atoms with Crippen LogP contribution in [0, 0.1) is 29.5 Å². The molecule has 0 saturated carbocycles. The SMILES string of the molecule is Cc1cccc(OCCCC(C)(C)C#N)c1F. The van der Waals surface area contributed by atoms with Gasteiger partial charge in [-0.1, -0.05) is 12.1 Å². The lowest BCUT2D eigenvalue weighted by molar-refractivity contribution is 0.272. The summed E-state index contributed by atoms with van der Waals surface area (Å²) in [6, 6.07) is 7.33. The summed E-state index contributed by atoms with van der Waals surface area (Å²) in [5.41, 5.74) is 0.244. The normalized spacial score (nSPS) is 11.0. The molecule has 0 aromatic heterocycles. The van der Waals surface area contributed by atoms with E-state index in [1.807, 2.05) is 13.8 Å². The van der Waals surface area contributed by atoms with Crippen molar-refractivity contribution < 1.29 is 9.13 Å². The van der Waals surface area contributed by atoms with Crippen molar-refractivity contribution in [2.24, 2.45) is 5.41 Å². The van der Waals surface area contributed by atoms with E-state index in [-0.39, 0.29) is 11.2 Å². The van der Waals surface area contributed by atoms with E-state index in [2.05, 4.69) is 6.07 Å². The van der Waals surface area contributed by atoms with Crippen molar-refractivity contribution in [2.75, 3.05) is 6.61 Å². The highest BCUT2D eigenvalue weighted by Gasteiger charge is 2.15. The predicted molar refractivity (Wildman–Crippen MR) is 65.3 cm³/mol. The van der Waals surface area contributed by atoms with Gasteiger partial charge in [-0.05, 0) is 45.2 Å². The van der Waals surface area contributed by atoms with Crippen LogP contribution in [0.15, 0.2) is 18.2 Å². The summed E-state index contributed by atoms with van der Waals surface area (Å²) in [5.74, 6) is -0.00759. The largest absolute Gasteiger partial charge is 0.491 e. The van der Waals surface area contributed by atoms with Crippen molar-refractivity contribution in [3.05, 3.63) is 29.6 Å². The molecule has 92 valence electrons. The van der Waals surface area contributed by atoms with Crippen LogP contribution in [0.5, 0.6) is 5.75 Å². The first-order valence-corrected chi connectivity index (χ1v) is 5.75. The van der Waals surface area contributed by atoms with Crippen molar-refractivity contribution in [1.29, 1.82) is 5.26 Å². The van der Waals surface area contributed by atoms with Crippen LogP contribution >= 0.6 is 0 Å². The average Bonchev–Trinajstić information content (AvgIpc) is 2.30. The Hall–Kier alpha value is -1.56. The zero-order chi connectivity index (χ0) is 12.9. The molecule has 0 aliphatic rings. The number of hydrogen-bond acceptors (Lipinski definition) is 2. The maximum absolute atomic E-state index is 13.6. The lowest BCUT2D eigenvalue weighted by Gasteiger charge is -2.15. The number of ether oxygens (including phenoxy) is 1. The van der Waals surface area contributed by atoms with Gasteiger partial charge in [-0.15, -0.1) is 0 Å². The Morgan fingerprint density at radius 2 is 2.12 bits per heavy atom. The second kappa shape index (κ2) is 5.67. The monoisotopic (exact) mass is 235 g/mol. The van der Waals surface area contributed by atoms with E-state index in [1.54, 1.807) is 25.1 Å². The third-order valence-corrected chi connectivity index (χ3v) is 2.66. The van der Waals surface area contributed by atoms with Crippen molar-refractivity contribution in [3.8, 4) is 11.8 Å². The molecule has 0 radical (unpaired) electrons. The van der Waals surface area contributed by atoms with Crippen LogP contribution < -0.4 is 4.74 Å². The molecular formula is C14H18FNO. The molecule has 0 heterocycles. The summed E-state index contributed by atoms with van der Waals surface area (Å²) in [4.78, 5) is 0. The molecular weight excluding hydrogens is 217 g/mol. The molecule has 1 aromatic rings. The van der Waals surface area contributed by atoms with Crippen molar-refractivity contribution in [1.82, 2.24) is 0 Å². The maximum atomic E-state index is 13.6. The molecule has 0 atom stereocenters.